The summed E-state index contributed by atoms with van der Waals surface area (Å²) in [5.74, 6) is 2.21. The molecule has 0 unspecified atom stereocenters. The molecule has 0 saturated carbocycles. The molecule has 2 aromatic rings. The van der Waals surface area contributed by atoms with Crippen molar-refractivity contribution in [2.75, 3.05) is 51.3 Å². The van der Waals surface area contributed by atoms with Gasteiger partial charge in [-0.2, -0.15) is 0 Å². The van der Waals surface area contributed by atoms with Gasteiger partial charge in [0.15, 0.2) is 5.76 Å². The molecule has 2 aliphatic rings. The molecular formula is C22H29N3O3. The Kier molecular flexibility index (Phi) is 5.86. The zero-order chi connectivity index (χ0) is 19.3. The van der Waals surface area contributed by atoms with E-state index in [9.17, 15) is 4.79 Å². The van der Waals surface area contributed by atoms with Crippen LogP contribution < -0.4 is 9.64 Å². The Balaban J connectivity index is 1.31. The number of likely N-dealkylation sites (tertiary alicyclic amines) is 1. The van der Waals surface area contributed by atoms with Crippen molar-refractivity contribution >= 4 is 11.6 Å². The molecule has 3 heterocycles. The maximum absolute atomic E-state index is 12.8. The Morgan fingerprint density at radius 2 is 1.64 bits per heavy atom. The molecule has 6 heteroatoms. The Morgan fingerprint density at radius 3 is 2.32 bits per heavy atom. The molecule has 2 saturated heterocycles. The first-order valence-corrected chi connectivity index (χ1v) is 10.2. The first-order chi connectivity index (χ1) is 13.7. The van der Waals surface area contributed by atoms with Gasteiger partial charge in [-0.25, -0.2) is 0 Å². The van der Waals surface area contributed by atoms with E-state index in [1.165, 1.54) is 19.3 Å². The van der Waals surface area contributed by atoms with Gasteiger partial charge in [0.25, 0.3) is 5.91 Å². The third-order valence-corrected chi connectivity index (χ3v) is 5.71. The number of amides is 1. The van der Waals surface area contributed by atoms with Crippen molar-refractivity contribution in [2.24, 2.45) is 0 Å². The topological polar surface area (TPSA) is 49.2 Å². The predicted octanol–water partition coefficient (Wildman–Crippen LogP) is 3.24. The predicted molar refractivity (Wildman–Crippen MR) is 109 cm³/mol. The van der Waals surface area contributed by atoms with Crippen LogP contribution in [0.15, 0.2) is 40.8 Å². The third kappa shape index (κ3) is 4.33. The highest BCUT2D eigenvalue weighted by molar-refractivity contribution is 5.91. The molecule has 1 aromatic carbocycles. The molecule has 0 radical (unpaired) electrons. The first-order valence-electron chi connectivity index (χ1n) is 10.2. The number of anilines is 1. The average Bonchev–Trinajstić information content (AvgIpc) is 3.22. The van der Waals surface area contributed by atoms with E-state index in [2.05, 4.69) is 21.9 Å². The van der Waals surface area contributed by atoms with E-state index in [-0.39, 0.29) is 5.91 Å². The summed E-state index contributed by atoms with van der Waals surface area (Å²) >= 11 is 0. The lowest BCUT2D eigenvalue weighted by atomic mass is 10.1. The second kappa shape index (κ2) is 8.69. The van der Waals surface area contributed by atoms with E-state index in [1.54, 1.807) is 7.11 Å². The van der Waals surface area contributed by atoms with Crippen LogP contribution in [-0.4, -0.2) is 62.1 Å². The van der Waals surface area contributed by atoms with E-state index in [1.807, 2.05) is 29.2 Å². The lowest BCUT2D eigenvalue weighted by Crippen LogP contribution is -2.48. The number of piperidine rings is 1. The van der Waals surface area contributed by atoms with Crippen molar-refractivity contribution in [3.8, 4) is 5.75 Å². The van der Waals surface area contributed by atoms with Crippen LogP contribution >= 0.6 is 0 Å². The van der Waals surface area contributed by atoms with Gasteiger partial charge in [0.2, 0.25) is 0 Å². The van der Waals surface area contributed by atoms with Crippen molar-refractivity contribution in [1.29, 1.82) is 0 Å². The molecule has 2 fully saturated rings. The Hall–Kier alpha value is -2.47. The van der Waals surface area contributed by atoms with Gasteiger partial charge in [-0.3, -0.25) is 9.69 Å². The summed E-state index contributed by atoms with van der Waals surface area (Å²) in [4.78, 5) is 19.4. The Morgan fingerprint density at radius 1 is 0.929 bits per heavy atom. The number of methoxy groups -OCH3 is 1. The van der Waals surface area contributed by atoms with E-state index >= 15 is 0 Å². The van der Waals surface area contributed by atoms with Gasteiger partial charge in [-0.15, -0.1) is 0 Å². The van der Waals surface area contributed by atoms with Crippen LogP contribution in [-0.2, 0) is 6.54 Å². The fourth-order valence-corrected chi connectivity index (χ4v) is 4.03. The van der Waals surface area contributed by atoms with Crippen molar-refractivity contribution in [2.45, 2.75) is 25.8 Å². The second-order valence-electron chi connectivity index (χ2n) is 7.58. The fourth-order valence-electron chi connectivity index (χ4n) is 4.03. The fraction of sp³-hybridized carbons (Fsp3) is 0.500. The Labute approximate surface area is 166 Å². The highest BCUT2D eigenvalue weighted by Gasteiger charge is 2.25. The lowest BCUT2D eigenvalue weighted by Gasteiger charge is -2.35. The number of carbonyl (C=O) groups excluding carboxylic acids is 1. The number of furan rings is 1. The van der Waals surface area contributed by atoms with Gasteiger partial charge in [-0.1, -0.05) is 6.42 Å². The number of nitrogens with zero attached hydrogens (tertiary/aromatic N) is 3. The van der Waals surface area contributed by atoms with Crippen LogP contribution in [0.25, 0.3) is 0 Å². The van der Waals surface area contributed by atoms with E-state index in [0.717, 1.165) is 49.9 Å². The largest absolute Gasteiger partial charge is 0.497 e. The van der Waals surface area contributed by atoms with Gasteiger partial charge in [0.05, 0.1) is 13.7 Å². The summed E-state index contributed by atoms with van der Waals surface area (Å²) in [5, 5.41) is 0. The monoisotopic (exact) mass is 383 g/mol. The quantitative estimate of drug-likeness (QED) is 0.793. The van der Waals surface area contributed by atoms with Gasteiger partial charge < -0.3 is 19.0 Å². The normalized spacial score (nSPS) is 18.3. The molecule has 6 nitrogen and oxygen atoms in total. The summed E-state index contributed by atoms with van der Waals surface area (Å²) in [5.41, 5.74) is 1.16. The minimum atomic E-state index is -0.000671. The molecule has 28 heavy (non-hydrogen) atoms. The van der Waals surface area contributed by atoms with Crippen molar-refractivity contribution in [3.05, 3.63) is 47.9 Å². The molecule has 0 atom stereocenters. The average molecular weight is 383 g/mol. The maximum atomic E-state index is 12.8. The minimum absolute atomic E-state index is 0.000671. The lowest BCUT2D eigenvalue weighted by molar-refractivity contribution is 0.0710. The number of benzene rings is 1. The van der Waals surface area contributed by atoms with Crippen molar-refractivity contribution in [1.82, 2.24) is 9.80 Å². The van der Waals surface area contributed by atoms with Gasteiger partial charge >= 0.3 is 0 Å². The van der Waals surface area contributed by atoms with E-state index < -0.39 is 0 Å². The summed E-state index contributed by atoms with van der Waals surface area (Å²) < 4.78 is 11.1. The molecule has 0 spiro atoms. The molecule has 0 N–H and O–H groups in total. The number of piperazine rings is 1. The van der Waals surface area contributed by atoms with Gasteiger partial charge in [0.1, 0.15) is 11.5 Å². The highest BCUT2D eigenvalue weighted by Crippen LogP contribution is 2.22. The molecular weight excluding hydrogens is 354 g/mol. The second-order valence-corrected chi connectivity index (χ2v) is 7.58. The zero-order valence-electron chi connectivity index (χ0n) is 16.6. The van der Waals surface area contributed by atoms with E-state index in [0.29, 0.717) is 18.8 Å². The number of hydrogen-bond donors (Lipinski definition) is 0. The Bertz CT molecular complexity index is 773. The van der Waals surface area contributed by atoms with Crippen LogP contribution in [0.2, 0.25) is 0 Å². The van der Waals surface area contributed by atoms with Crippen LogP contribution in [0.3, 0.4) is 0 Å². The summed E-state index contributed by atoms with van der Waals surface area (Å²) in [6, 6.07) is 11.9. The van der Waals surface area contributed by atoms with Gasteiger partial charge in [0, 0.05) is 31.9 Å². The molecule has 1 aromatic heterocycles. The molecule has 0 bridgehead atoms. The number of rotatable bonds is 5. The van der Waals surface area contributed by atoms with Crippen molar-refractivity contribution < 1.29 is 13.9 Å². The highest BCUT2D eigenvalue weighted by atomic mass is 16.5. The standard InChI is InChI=1S/C22H29N3O3/c1-27-19-7-5-18(6-8-19)24-13-15-25(16-14-24)22(26)21-10-9-20(28-21)17-23-11-3-2-4-12-23/h5-10H,2-4,11-17H2,1H3. The van der Waals surface area contributed by atoms with Crippen LogP contribution in [0.5, 0.6) is 5.75 Å². The summed E-state index contributed by atoms with van der Waals surface area (Å²) in [6.45, 7) is 6.09. The summed E-state index contributed by atoms with van der Waals surface area (Å²) in [7, 11) is 1.67. The van der Waals surface area contributed by atoms with Crippen LogP contribution in [0.4, 0.5) is 5.69 Å². The summed E-state index contributed by atoms with van der Waals surface area (Å²) in [6.07, 6.45) is 3.83. The van der Waals surface area contributed by atoms with Crippen LogP contribution in [0, 0.1) is 0 Å². The van der Waals surface area contributed by atoms with Gasteiger partial charge in [-0.05, 0) is 62.3 Å². The third-order valence-electron chi connectivity index (χ3n) is 5.71. The molecule has 150 valence electrons. The maximum Gasteiger partial charge on any atom is 0.289 e. The molecule has 1 amide bonds. The zero-order valence-corrected chi connectivity index (χ0v) is 16.6. The first kappa shape index (κ1) is 18.9. The van der Waals surface area contributed by atoms with Crippen molar-refractivity contribution in [3.63, 3.8) is 0 Å². The molecule has 4 rings (SSSR count). The SMILES string of the molecule is COc1ccc(N2CCN(C(=O)c3ccc(CN4CCCCC4)o3)CC2)cc1. The minimum Gasteiger partial charge on any atom is -0.497 e. The smallest absolute Gasteiger partial charge is 0.289 e. The number of carbonyl (C=O) groups is 1. The van der Waals surface area contributed by atoms with Crippen LogP contribution in [0.1, 0.15) is 35.6 Å². The molecule has 2 aliphatic heterocycles. The molecule has 0 aliphatic carbocycles. The number of ether oxygens (including phenoxy) is 1. The van der Waals surface area contributed by atoms with E-state index in [4.69, 9.17) is 9.15 Å². The number of hydrogen-bond acceptors (Lipinski definition) is 5.